The zero-order chi connectivity index (χ0) is 29.9. The number of nitrogens with two attached hydrogens (primary N) is 1. The number of benzene rings is 4. The molecule has 0 saturated heterocycles. The van der Waals surface area contributed by atoms with Crippen molar-refractivity contribution in [2.75, 3.05) is 0 Å². The Bertz CT molecular complexity index is 1410. The van der Waals surface area contributed by atoms with Gasteiger partial charge in [-0.1, -0.05) is 134 Å². The molecule has 0 amide bonds. The first-order chi connectivity index (χ1) is 19.0. The summed E-state index contributed by atoms with van der Waals surface area (Å²) in [6.07, 6.45) is 0. The van der Waals surface area contributed by atoms with Gasteiger partial charge in [-0.05, 0) is 55.9 Å². The standard InChI is InChI=1S/C23H25N2O2S.C10H14.ClH.Ru/c1-16-14-17(2)23(18(3)15-16)28(26,27)25-22(20-12-8-5-9-13-20)21(24)19-10-6-4-7-11-19;1-8(2)10-6-4-9(3)5-7-10;;/h4-15,21-22H,24H2,1-3H3;4-8H,1-3H3;1H;/q-1;;;+2/p-1/t21-,22-;;;/m0.../s1. The number of sulfonamides is 1. The predicted molar refractivity (Wildman–Crippen MR) is 165 cm³/mol. The van der Waals surface area contributed by atoms with E-state index in [1.807, 2.05) is 97.0 Å². The Morgan fingerprint density at radius 2 is 1.12 bits per heavy atom. The van der Waals surface area contributed by atoms with E-state index in [2.05, 4.69) is 59.4 Å². The van der Waals surface area contributed by atoms with Crippen molar-refractivity contribution in [2.45, 2.75) is 64.4 Å². The molecule has 2 atom stereocenters. The molecular weight excluding hydrogens is 625 g/mol. The van der Waals surface area contributed by atoms with Crippen LogP contribution in [0, 0.1) is 27.7 Å². The molecule has 0 spiro atoms. The molecule has 214 valence electrons. The van der Waals surface area contributed by atoms with Gasteiger partial charge in [0.25, 0.3) is 0 Å². The van der Waals surface area contributed by atoms with Crippen molar-refractivity contribution >= 4 is 19.7 Å². The number of hydrogen-bond acceptors (Lipinski definition) is 3. The molecule has 0 saturated carbocycles. The Hall–Kier alpha value is -2.34. The Morgan fingerprint density at radius 1 is 0.675 bits per heavy atom. The first-order valence-electron chi connectivity index (χ1n) is 13.1. The number of nitrogens with zero attached hydrogens (tertiary/aromatic N) is 1. The minimum atomic E-state index is -3.89. The van der Waals surface area contributed by atoms with Crippen LogP contribution in [-0.2, 0) is 27.3 Å². The van der Waals surface area contributed by atoms with Crippen LogP contribution in [0.15, 0.2) is 102 Å². The van der Waals surface area contributed by atoms with Crippen molar-refractivity contribution in [1.82, 2.24) is 0 Å². The van der Waals surface area contributed by atoms with Crippen LogP contribution in [0.1, 0.15) is 70.8 Å². The molecule has 0 aliphatic carbocycles. The van der Waals surface area contributed by atoms with Crippen LogP contribution in [0.5, 0.6) is 0 Å². The Kier molecular flexibility index (Phi) is 13.7. The van der Waals surface area contributed by atoms with Gasteiger partial charge in [0.2, 0.25) is 0 Å². The van der Waals surface area contributed by atoms with Crippen molar-refractivity contribution in [3.8, 4) is 0 Å². The second-order valence-electron chi connectivity index (χ2n) is 10.2. The molecule has 7 heteroatoms. The Morgan fingerprint density at radius 3 is 1.57 bits per heavy atom. The summed E-state index contributed by atoms with van der Waals surface area (Å²) in [7, 11) is 0.675. The van der Waals surface area contributed by atoms with E-state index in [0.717, 1.165) is 16.7 Å². The molecule has 0 aliphatic rings. The fraction of sp³-hybridized carbons (Fsp3) is 0.273. The third kappa shape index (κ3) is 9.64. The average molecular weight is 664 g/mol. The second kappa shape index (κ2) is 16.2. The molecule has 40 heavy (non-hydrogen) atoms. The van der Waals surface area contributed by atoms with E-state index in [1.165, 1.54) is 11.1 Å². The SMILES string of the molecule is Cc1cc(C)c(S(=O)(=O)[N-][C@@H](c2ccccc2)[C@@H](N)c2ccccc2)c(C)c1.Cc1ccc(C(C)C)cc1.[Cl][Ru+]. The van der Waals surface area contributed by atoms with Gasteiger partial charge in [-0.2, -0.15) is 0 Å². The normalized spacial score (nSPS) is 12.4. The van der Waals surface area contributed by atoms with Crippen molar-refractivity contribution in [3.63, 3.8) is 0 Å². The molecule has 0 aliphatic heterocycles. The van der Waals surface area contributed by atoms with E-state index in [0.29, 0.717) is 17.0 Å². The van der Waals surface area contributed by atoms with Crippen LogP contribution in [0.25, 0.3) is 4.72 Å². The van der Waals surface area contributed by atoms with Crippen molar-refractivity contribution in [1.29, 1.82) is 0 Å². The minimum absolute atomic E-state index is 0.263. The first kappa shape index (κ1) is 33.9. The average Bonchev–Trinajstić information content (AvgIpc) is 2.93. The number of hydrogen-bond donors (Lipinski definition) is 1. The summed E-state index contributed by atoms with van der Waals surface area (Å²) in [6, 6.07) is 30.0. The van der Waals surface area contributed by atoms with E-state index in [1.54, 1.807) is 13.8 Å². The third-order valence-corrected chi connectivity index (χ3v) is 8.19. The molecule has 4 aromatic rings. The Balaban J connectivity index is 0.000000391. The van der Waals surface area contributed by atoms with Gasteiger partial charge in [0.15, 0.2) is 0 Å². The van der Waals surface area contributed by atoms with E-state index in [9.17, 15) is 8.42 Å². The quantitative estimate of drug-likeness (QED) is 0.201. The van der Waals surface area contributed by atoms with E-state index in [4.69, 9.17) is 5.73 Å². The van der Waals surface area contributed by atoms with Gasteiger partial charge in [0.1, 0.15) is 10.0 Å². The topological polar surface area (TPSA) is 74.3 Å². The molecule has 2 N–H and O–H groups in total. The van der Waals surface area contributed by atoms with E-state index < -0.39 is 22.1 Å². The molecule has 0 aromatic heterocycles. The summed E-state index contributed by atoms with van der Waals surface area (Å²) in [6.45, 7) is 12.1. The molecule has 4 nitrogen and oxygen atoms in total. The second-order valence-corrected chi connectivity index (χ2v) is 11.7. The molecule has 0 bridgehead atoms. The summed E-state index contributed by atoms with van der Waals surface area (Å²) in [5.74, 6) is 0.653. The van der Waals surface area contributed by atoms with Crippen molar-refractivity contribution < 1.29 is 25.7 Å². The fourth-order valence-corrected chi connectivity index (χ4v) is 6.16. The maximum absolute atomic E-state index is 13.3. The molecule has 0 radical (unpaired) electrons. The van der Waals surface area contributed by atoms with Crippen molar-refractivity contribution in [2.24, 2.45) is 5.73 Å². The molecule has 0 heterocycles. The van der Waals surface area contributed by atoms with Gasteiger partial charge in [-0.15, -0.1) is 0 Å². The van der Waals surface area contributed by atoms with Crippen LogP contribution in [0.3, 0.4) is 0 Å². The maximum atomic E-state index is 13.3. The number of halogens is 1. The first-order valence-corrected chi connectivity index (χ1v) is 16.8. The van der Waals surface area contributed by atoms with Gasteiger partial charge in [0.05, 0.1) is 4.90 Å². The summed E-state index contributed by atoms with van der Waals surface area (Å²) in [5, 5.41) is 0. The Labute approximate surface area is 255 Å². The van der Waals surface area contributed by atoms with E-state index >= 15 is 0 Å². The monoisotopic (exact) mass is 664 g/mol. The van der Waals surface area contributed by atoms with Gasteiger partial charge in [0, 0.05) is 6.04 Å². The molecule has 0 unspecified atom stereocenters. The van der Waals surface area contributed by atoms with E-state index in [-0.39, 0.29) is 4.90 Å². The van der Waals surface area contributed by atoms with Gasteiger partial charge >= 0.3 is 27.0 Å². The zero-order valence-electron chi connectivity index (χ0n) is 24.0. The summed E-state index contributed by atoms with van der Waals surface area (Å²) < 4.78 is 30.9. The van der Waals surface area contributed by atoms with Crippen LogP contribution >= 0.6 is 9.69 Å². The zero-order valence-corrected chi connectivity index (χ0v) is 27.3. The number of rotatable bonds is 7. The van der Waals surface area contributed by atoms with Gasteiger partial charge in [-0.25, -0.2) is 8.42 Å². The predicted octanol–water partition coefficient (Wildman–Crippen LogP) is 8.92. The summed E-state index contributed by atoms with van der Waals surface area (Å²) in [5.41, 5.74) is 13.3. The number of aryl methyl sites for hydroxylation is 4. The molecule has 0 fully saturated rings. The molecular formula is C33H39ClN2O2RuS. The fourth-order valence-electron chi connectivity index (χ4n) is 4.57. The van der Waals surface area contributed by atoms with Gasteiger partial charge in [-0.3, -0.25) is 0 Å². The molecule has 4 aromatic carbocycles. The van der Waals surface area contributed by atoms with Crippen LogP contribution < -0.4 is 5.73 Å². The van der Waals surface area contributed by atoms with Crippen LogP contribution in [0.4, 0.5) is 0 Å². The van der Waals surface area contributed by atoms with Crippen LogP contribution in [0.2, 0.25) is 0 Å². The third-order valence-electron chi connectivity index (χ3n) is 6.52. The summed E-state index contributed by atoms with van der Waals surface area (Å²) in [4.78, 5) is 0.263. The van der Waals surface area contributed by atoms with Crippen molar-refractivity contribution in [3.05, 3.63) is 141 Å². The van der Waals surface area contributed by atoms with Gasteiger partial charge < -0.3 is 10.5 Å². The molecule has 4 rings (SSSR count). The summed E-state index contributed by atoms with van der Waals surface area (Å²) >= 11 is 1.82. The van der Waals surface area contributed by atoms with Crippen LogP contribution in [-0.4, -0.2) is 8.42 Å².